The Hall–Kier alpha value is -2.37. The number of amides is 1. The van der Waals surface area contributed by atoms with E-state index in [4.69, 9.17) is 4.74 Å². The van der Waals surface area contributed by atoms with Crippen molar-refractivity contribution in [3.05, 3.63) is 75.8 Å². The zero-order chi connectivity index (χ0) is 23.8. The Morgan fingerprint density at radius 2 is 1.80 bits per heavy atom. The summed E-state index contributed by atoms with van der Waals surface area (Å²) in [4.78, 5) is 17.8. The summed E-state index contributed by atoms with van der Waals surface area (Å²) in [5.74, 6) is 1.75. The predicted molar refractivity (Wildman–Crippen MR) is 149 cm³/mol. The molecule has 0 aromatic heterocycles. The predicted octanol–water partition coefficient (Wildman–Crippen LogP) is 5.91. The van der Waals surface area contributed by atoms with Gasteiger partial charge in [-0.25, -0.2) is 0 Å². The summed E-state index contributed by atoms with van der Waals surface area (Å²) in [6.07, 6.45) is 3.22. The van der Waals surface area contributed by atoms with Gasteiger partial charge in [-0.3, -0.25) is 4.79 Å². The lowest BCUT2D eigenvalue weighted by Gasteiger charge is -2.31. The summed E-state index contributed by atoms with van der Waals surface area (Å²) < 4.78 is 5.47. The van der Waals surface area contributed by atoms with Crippen LogP contribution in [0.4, 0.5) is 0 Å². The number of carbonyl (C=O) groups is 1. The number of fused-ring (bicyclic) bond motifs is 2. The Morgan fingerprint density at radius 1 is 1.00 bits per heavy atom. The summed E-state index contributed by atoms with van der Waals surface area (Å²) in [7, 11) is 1.73. The topological polar surface area (TPSA) is 32.8 Å². The van der Waals surface area contributed by atoms with Crippen molar-refractivity contribution in [2.45, 2.75) is 40.0 Å². The summed E-state index contributed by atoms with van der Waals surface area (Å²) >= 11 is 0. The van der Waals surface area contributed by atoms with Crippen molar-refractivity contribution in [2.75, 3.05) is 39.8 Å². The van der Waals surface area contributed by atoms with Crippen LogP contribution >= 0.6 is 17.0 Å². The number of benzene rings is 3. The van der Waals surface area contributed by atoms with Gasteiger partial charge in [-0.15, -0.1) is 17.0 Å². The molecule has 2 heterocycles. The van der Waals surface area contributed by atoms with Crippen molar-refractivity contribution in [3.63, 3.8) is 0 Å². The van der Waals surface area contributed by atoms with E-state index in [0.717, 1.165) is 56.9 Å². The monoisotopic (exact) mass is 536 g/mol. The molecule has 2 aliphatic rings. The van der Waals surface area contributed by atoms with E-state index in [2.05, 4.69) is 73.0 Å². The zero-order valence-corrected chi connectivity index (χ0v) is 23.1. The van der Waals surface area contributed by atoms with Crippen LogP contribution in [-0.2, 0) is 12.8 Å². The molecule has 35 heavy (non-hydrogen) atoms. The average molecular weight is 538 g/mol. The second-order valence-electron chi connectivity index (χ2n) is 10.2. The summed E-state index contributed by atoms with van der Waals surface area (Å²) in [5.41, 5.74) is 7.23. The molecule has 5 rings (SSSR count). The van der Waals surface area contributed by atoms with E-state index in [1.165, 1.54) is 45.0 Å². The van der Waals surface area contributed by atoms with Crippen LogP contribution in [0.3, 0.4) is 0 Å². The minimum atomic E-state index is 0. The van der Waals surface area contributed by atoms with E-state index in [1.54, 1.807) is 7.11 Å². The normalized spacial score (nSPS) is 18.0. The molecule has 4 nitrogen and oxygen atoms in total. The molecule has 186 valence electrons. The van der Waals surface area contributed by atoms with Crippen LogP contribution in [0, 0.1) is 26.7 Å². The van der Waals surface area contributed by atoms with Gasteiger partial charge in [-0.05, 0) is 103 Å². The van der Waals surface area contributed by atoms with Crippen molar-refractivity contribution in [2.24, 2.45) is 5.92 Å². The van der Waals surface area contributed by atoms with Crippen LogP contribution in [0.2, 0.25) is 0 Å². The van der Waals surface area contributed by atoms with Crippen LogP contribution in [-0.4, -0.2) is 55.5 Å². The lowest BCUT2D eigenvalue weighted by molar-refractivity contribution is 0.0712. The summed E-state index contributed by atoms with van der Waals surface area (Å²) in [5, 5.41) is 2.55. The first-order valence-corrected chi connectivity index (χ1v) is 12.6. The van der Waals surface area contributed by atoms with Gasteiger partial charge in [0.15, 0.2) is 0 Å². The third-order valence-corrected chi connectivity index (χ3v) is 7.98. The molecule has 0 radical (unpaired) electrons. The van der Waals surface area contributed by atoms with Crippen molar-refractivity contribution < 1.29 is 9.53 Å². The molecule has 0 spiro atoms. The average Bonchev–Trinajstić information content (AvgIpc) is 3.28. The van der Waals surface area contributed by atoms with E-state index in [9.17, 15) is 4.79 Å². The van der Waals surface area contributed by atoms with Crippen molar-refractivity contribution in [1.29, 1.82) is 0 Å². The third-order valence-electron chi connectivity index (χ3n) is 7.98. The van der Waals surface area contributed by atoms with Gasteiger partial charge in [0, 0.05) is 31.7 Å². The molecule has 1 fully saturated rings. The van der Waals surface area contributed by atoms with Crippen LogP contribution in [0.25, 0.3) is 10.8 Å². The fourth-order valence-electron chi connectivity index (χ4n) is 5.74. The summed E-state index contributed by atoms with van der Waals surface area (Å²) in [6, 6.07) is 15.3. The highest BCUT2D eigenvalue weighted by Crippen LogP contribution is 2.29. The summed E-state index contributed by atoms with van der Waals surface area (Å²) in [6.45, 7) is 11.4. The molecule has 1 atom stereocenters. The molecule has 0 bridgehead atoms. The minimum absolute atomic E-state index is 0. The van der Waals surface area contributed by atoms with E-state index in [1.807, 2.05) is 0 Å². The van der Waals surface area contributed by atoms with Crippen LogP contribution in [0.5, 0.6) is 5.75 Å². The molecule has 3 aromatic rings. The number of hydrogen-bond acceptors (Lipinski definition) is 3. The number of aryl methyl sites for hydroxylation is 3. The van der Waals surface area contributed by atoms with E-state index in [-0.39, 0.29) is 22.9 Å². The van der Waals surface area contributed by atoms with E-state index < -0.39 is 0 Å². The highest BCUT2D eigenvalue weighted by Gasteiger charge is 2.30. The third kappa shape index (κ3) is 5.26. The van der Waals surface area contributed by atoms with Crippen molar-refractivity contribution in [1.82, 2.24) is 9.80 Å². The standard InChI is InChI=1S/C30H36N2O2.BrH/c1-20-15-26-11-14-32(30(33)28(26)16-21(20)2)19-24-10-13-31(18-24)12-9-23-5-7-27-22(3)29(34-4)8-6-25(27)17-23;/h5-8,15-17,24H,9-14,18-19H2,1-4H3;1H. The van der Waals surface area contributed by atoms with Gasteiger partial charge in [0.05, 0.1) is 7.11 Å². The molecule has 2 aliphatic heterocycles. The number of likely N-dealkylation sites (tertiary alicyclic amines) is 1. The molecule has 0 N–H and O–H groups in total. The van der Waals surface area contributed by atoms with E-state index >= 15 is 0 Å². The molecular formula is C30H37BrN2O2. The molecule has 5 heteroatoms. The SMILES string of the molecule is Br.COc1ccc2cc(CCN3CCC(CN4CCc5cc(C)c(C)cc5C4=O)C3)ccc2c1C. The second-order valence-corrected chi connectivity index (χ2v) is 10.2. The van der Waals surface area contributed by atoms with Gasteiger partial charge in [0.1, 0.15) is 5.75 Å². The maximum atomic E-state index is 13.1. The Labute approximate surface area is 220 Å². The van der Waals surface area contributed by atoms with Crippen LogP contribution in [0.15, 0.2) is 42.5 Å². The van der Waals surface area contributed by atoms with Crippen LogP contribution < -0.4 is 4.74 Å². The number of nitrogens with zero attached hydrogens (tertiary/aromatic N) is 2. The highest BCUT2D eigenvalue weighted by molar-refractivity contribution is 8.93. The first-order valence-electron chi connectivity index (χ1n) is 12.6. The maximum absolute atomic E-state index is 13.1. The Morgan fingerprint density at radius 3 is 2.60 bits per heavy atom. The lowest BCUT2D eigenvalue weighted by Crippen LogP contribution is -2.41. The van der Waals surface area contributed by atoms with Gasteiger partial charge >= 0.3 is 0 Å². The fourth-order valence-corrected chi connectivity index (χ4v) is 5.74. The molecule has 3 aromatic carbocycles. The number of methoxy groups -OCH3 is 1. The molecule has 0 saturated carbocycles. The molecule has 1 unspecified atom stereocenters. The molecule has 1 amide bonds. The van der Waals surface area contributed by atoms with Crippen LogP contribution in [0.1, 0.15) is 44.6 Å². The zero-order valence-electron chi connectivity index (χ0n) is 21.4. The van der Waals surface area contributed by atoms with Gasteiger partial charge in [-0.1, -0.05) is 30.3 Å². The first kappa shape index (κ1) is 25.7. The fraction of sp³-hybridized carbons (Fsp3) is 0.433. The quantitative estimate of drug-likeness (QED) is 0.392. The number of ether oxygens (including phenoxy) is 1. The van der Waals surface area contributed by atoms with Crippen molar-refractivity contribution >= 4 is 33.7 Å². The molecule has 0 aliphatic carbocycles. The first-order chi connectivity index (χ1) is 16.4. The number of rotatable bonds is 6. The largest absolute Gasteiger partial charge is 0.496 e. The Kier molecular flexibility index (Phi) is 7.87. The van der Waals surface area contributed by atoms with Gasteiger partial charge in [0.25, 0.3) is 5.91 Å². The Bertz CT molecular complexity index is 1240. The van der Waals surface area contributed by atoms with E-state index in [0.29, 0.717) is 5.92 Å². The lowest BCUT2D eigenvalue weighted by atomic mass is 9.93. The number of carbonyl (C=O) groups excluding carboxylic acids is 1. The smallest absolute Gasteiger partial charge is 0.254 e. The molecule has 1 saturated heterocycles. The van der Waals surface area contributed by atoms with Gasteiger partial charge in [0.2, 0.25) is 0 Å². The highest BCUT2D eigenvalue weighted by atomic mass is 79.9. The molecular weight excluding hydrogens is 500 g/mol. The maximum Gasteiger partial charge on any atom is 0.254 e. The Balaban J connectivity index is 0.00000289. The van der Waals surface area contributed by atoms with Gasteiger partial charge < -0.3 is 14.5 Å². The van der Waals surface area contributed by atoms with Crippen molar-refractivity contribution in [3.8, 4) is 5.75 Å². The van der Waals surface area contributed by atoms with Gasteiger partial charge in [-0.2, -0.15) is 0 Å². The minimum Gasteiger partial charge on any atom is -0.496 e. The number of hydrogen-bond donors (Lipinski definition) is 0. The number of halogens is 1. The second kappa shape index (κ2) is 10.7.